The van der Waals surface area contributed by atoms with Crippen molar-refractivity contribution in [1.29, 1.82) is 0 Å². The van der Waals surface area contributed by atoms with E-state index in [9.17, 15) is 9.59 Å². The summed E-state index contributed by atoms with van der Waals surface area (Å²) in [6, 6.07) is 19.0. The molecule has 0 aliphatic carbocycles. The first kappa shape index (κ1) is 20.3. The lowest BCUT2D eigenvalue weighted by molar-refractivity contribution is 0.0690. The van der Waals surface area contributed by atoms with Crippen molar-refractivity contribution < 1.29 is 9.59 Å². The molecule has 5 heteroatoms. The van der Waals surface area contributed by atoms with Crippen LogP contribution in [-0.2, 0) is 6.54 Å². The topological polar surface area (TPSA) is 62.3 Å². The van der Waals surface area contributed by atoms with Gasteiger partial charge in [0.25, 0.3) is 11.8 Å². The number of anilines is 1. The quantitative estimate of drug-likeness (QED) is 0.667. The molecule has 0 radical (unpaired) electrons. The van der Waals surface area contributed by atoms with Crippen LogP contribution in [0.5, 0.6) is 0 Å². The number of nitrogens with zero attached hydrogens (tertiary/aromatic N) is 2. The standard InChI is InChI=1S/C24H25N3O2/c1-17(2)27(16-19-7-5-4-6-8-19)24(29)21-13-20(14-25-15-21)23(28)26-22-11-9-18(3)10-12-22/h4-15,17H,16H2,1-3H3,(H,26,28). The van der Waals surface area contributed by atoms with Gasteiger partial charge in [-0.2, -0.15) is 0 Å². The number of hydrogen-bond donors (Lipinski definition) is 1. The number of carbonyl (C=O) groups excluding carboxylic acids is 2. The lowest BCUT2D eigenvalue weighted by Crippen LogP contribution is -2.36. The molecule has 0 atom stereocenters. The van der Waals surface area contributed by atoms with Crippen molar-refractivity contribution in [2.45, 2.75) is 33.4 Å². The van der Waals surface area contributed by atoms with Gasteiger partial charge in [0, 0.05) is 30.7 Å². The molecule has 2 aromatic carbocycles. The maximum atomic E-state index is 13.1. The molecule has 3 aromatic rings. The number of hydrogen-bond acceptors (Lipinski definition) is 3. The number of aromatic nitrogens is 1. The van der Waals surface area contributed by atoms with E-state index >= 15 is 0 Å². The van der Waals surface area contributed by atoms with E-state index in [2.05, 4.69) is 10.3 Å². The normalized spacial score (nSPS) is 10.6. The minimum atomic E-state index is -0.296. The average Bonchev–Trinajstić information content (AvgIpc) is 2.74. The summed E-state index contributed by atoms with van der Waals surface area (Å²) >= 11 is 0. The van der Waals surface area contributed by atoms with Gasteiger partial charge in [-0.1, -0.05) is 48.0 Å². The van der Waals surface area contributed by atoms with Crippen molar-refractivity contribution in [2.24, 2.45) is 0 Å². The van der Waals surface area contributed by atoms with Crippen molar-refractivity contribution in [1.82, 2.24) is 9.88 Å². The summed E-state index contributed by atoms with van der Waals surface area (Å²) in [6.45, 7) is 6.43. The van der Waals surface area contributed by atoms with Gasteiger partial charge in [0.2, 0.25) is 0 Å². The van der Waals surface area contributed by atoms with E-state index in [0.29, 0.717) is 23.4 Å². The third kappa shape index (κ3) is 5.29. The van der Waals surface area contributed by atoms with Gasteiger partial charge in [0.1, 0.15) is 0 Å². The Balaban J connectivity index is 1.78. The van der Waals surface area contributed by atoms with Gasteiger partial charge >= 0.3 is 0 Å². The van der Waals surface area contributed by atoms with Crippen LogP contribution < -0.4 is 5.32 Å². The zero-order valence-corrected chi connectivity index (χ0v) is 16.9. The molecule has 0 fully saturated rings. The van der Waals surface area contributed by atoms with Crippen molar-refractivity contribution in [3.63, 3.8) is 0 Å². The van der Waals surface area contributed by atoms with Crippen molar-refractivity contribution in [2.75, 3.05) is 5.32 Å². The van der Waals surface area contributed by atoms with Crippen LogP contribution in [0.3, 0.4) is 0 Å². The van der Waals surface area contributed by atoms with Crippen LogP contribution in [0.1, 0.15) is 45.7 Å². The molecule has 1 aromatic heterocycles. The van der Waals surface area contributed by atoms with Gasteiger partial charge in [0.05, 0.1) is 11.1 Å². The van der Waals surface area contributed by atoms with E-state index in [-0.39, 0.29) is 17.9 Å². The fourth-order valence-corrected chi connectivity index (χ4v) is 2.96. The second-order valence-corrected chi connectivity index (χ2v) is 7.29. The van der Waals surface area contributed by atoms with Crippen molar-refractivity contribution in [3.8, 4) is 0 Å². The summed E-state index contributed by atoms with van der Waals surface area (Å²) in [4.78, 5) is 31.6. The monoisotopic (exact) mass is 387 g/mol. The van der Waals surface area contributed by atoms with Crippen LogP contribution in [0.25, 0.3) is 0 Å². The van der Waals surface area contributed by atoms with Gasteiger partial charge in [-0.15, -0.1) is 0 Å². The molecule has 148 valence electrons. The zero-order chi connectivity index (χ0) is 20.8. The van der Waals surface area contributed by atoms with Gasteiger partial charge in [0.15, 0.2) is 0 Å². The SMILES string of the molecule is Cc1ccc(NC(=O)c2cncc(C(=O)N(Cc3ccccc3)C(C)C)c2)cc1. The van der Waals surface area contributed by atoms with Crippen molar-refractivity contribution >= 4 is 17.5 Å². The van der Waals surface area contributed by atoms with Crippen LogP contribution in [0.15, 0.2) is 73.1 Å². The number of carbonyl (C=O) groups is 2. The Morgan fingerprint density at radius 1 is 0.966 bits per heavy atom. The van der Waals surface area contributed by atoms with E-state index in [4.69, 9.17) is 0 Å². The first-order valence-corrected chi connectivity index (χ1v) is 9.62. The Morgan fingerprint density at radius 2 is 1.62 bits per heavy atom. The van der Waals surface area contributed by atoms with Gasteiger partial charge < -0.3 is 10.2 Å². The molecular formula is C24H25N3O2. The molecular weight excluding hydrogens is 362 g/mol. The molecule has 3 rings (SSSR count). The molecule has 0 saturated carbocycles. The van der Waals surface area contributed by atoms with E-state index < -0.39 is 0 Å². The third-order valence-corrected chi connectivity index (χ3v) is 4.64. The number of benzene rings is 2. The molecule has 0 aliphatic rings. The molecule has 1 heterocycles. The first-order chi connectivity index (χ1) is 13.9. The fourth-order valence-electron chi connectivity index (χ4n) is 2.96. The minimum absolute atomic E-state index is 0.00717. The van der Waals surface area contributed by atoms with Crippen LogP contribution in [-0.4, -0.2) is 27.7 Å². The largest absolute Gasteiger partial charge is 0.332 e. The fraction of sp³-hybridized carbons (Fsp3) is 0.208. The van der Waals surface area contributed by atoms with Crippen LogP contribution >= 0.6 is 0 Å². The van der Waals surface area contributed by atoms with Crippen LogP contribution in [0.4, 0.5) is 5.69 Å². The third-order valence-electron chi connectivity index (χ3n) is 4.64. The van der Waals surface area contributed by atoms with Crippen LogP contribution in [0.2, 0.25) is 0 Å². The predicted octanol–water partition coefficient (Wildman–Crippen LogP) is 4.69. The average molecular weight is 387 g/mol. The molecule has 0 unspecified atom stereocenters. The molecule has 1 N–H and O–H groups in total. The predicted molar refractivity (Wildman–Crippen MR) is 115 cm³/mol. The Morgan fingerprint density at radius 3 is 2.28 bits per heavy atom. The molecule has 29 heavy (non-hydrogen) atoms. The number of rotatable bonds is 6. The highest BCUT2D eigenvalue weighted by atomic mass is 16.2. The summed E-state index contributed by atoms with van der Waals surface area (Å²) in [6.07, 6.45) is 2.97. The second-order valence-electron chi connectivity index (χ2n) is 7.29. The Labute approximate surface area is 171 Å². The second kappa shape index (κ2) is 9.15. The summed E-state index contributed by atoms with van der Waals surface area (Å²) in [5, 5.41) is 2.84. The van der Waals surface area contributed by atoms with E-state index in [1.807, 2.05) is 75.4 Å². The number of nitrogens with one attached hydrogen (secondary N) is 1. The van der Waals surface area contributed by atoms with E-state index in [0.717, 1.165) is 11.1 Å². The van der Waals surface area contributed by atoms with E-state index in [1.54, 1.807) is 11.0 Å². The summed E-state index contributed by atoms with van der Waals surface area (Å²) < 4.78 is 0. The highest BCUT2D eigenvalue weighted by Gasteiger charge is 2.20. The molecule has 0 aliphatic heterocycles. The molecule has 2 amide bonds. The summed E-state index contributed by atoms with van der Waals surface area (Å²) in [5.41, 5.74) is 3.61. The van der Waals surface area contributed by atoms with Crippen molar-refractivity contribution in [3.05, 3.63) is 95.3 Å². The maximum Gasteiger partial charge on any atom is 0.257 e. The summed E-state index contributed by atoms with van der Waals surface area (Å²) in [5.74, 6) is -0.448. The number of pyridine rings is 1. The maximum absolute atomic E-state index is 13.1. The first-order valence-electron chi connectivity index (χ1n) is 9.62. The Bertz CT molecular complexity index is 983. The Hall–Kier alpha value is -3.47. The molecule has 0 spiro atoms. The van der Waals surface area contributed by atoms with E-state index in [1.165, 1.54) is 12.4 Å². The van der Waals surface area contributed by atoms with Gasteiger partial charge in [-0.25, -0.2) is 0 Å². The minimum Gasteiger partial charge on any atom is -0.332 e. The van der Waals surface area contributed by atoms with Crippen LogP contribution in [0, 0.1) is 6.92 Å². The number of amides is 2. The molecule has 0 saturated heterocycles. The Kier molecular flexibility index (Phi) is 6.39. The highest BCUT2D eigenvalue weighted by molar-refractivity contribution is 6.05. The highest BCUT2D eigenvalue weighted by Crippen LogP contribution is 2.15. The summed E-state index contributed by atoms with van der Waals surface area (Å²) in [7, 11) is 0. The van der Waals surface area contributed by atoms with Gasteiger partial charge in [-0.3, -0.25) is 14.6 Å². The number of aryl methyl sites for hydroxylation is 1. The zero-order valence-electron chi connectivity index (χ0n) is 16.9. The van der Waals surface area contributed by atoms with Gasteiger partial charge in [-0.05, 0) is 44.5 Å². The lowest BCUT2D eigenvalue weighted by atomic mass is 10.1. The molecule has 5 nitrogen and oxygen atoms in total. The smallest absolute Gasteiger partial charge is 0.257 e. The lowest BCUT2D eigenvalue weighted by Gasteiger charge is -2.27. The molecule has 0 bridgehead atoms.